The minimum Gasteiger partial charge on any atom is -0.271 e. The van der Waals surface area contributed by atoms with E-state index in [9.17, 15) is 13.2 Å². The molecule has 4 rings (SSSR count). The van der Waals surface area contributed by atoms with E-state index >= 15 is 0 Å². The summed E-state index contributed by atoms with van der Waals surface area (Å²) in [5, 5.41) is 6.89. The normalized spacial score (nSPS) is 19.8. The number of nitrogens with one attached hydrogen (secondary N) is 1. The molecule has 128 valence electrons. The smallest absolute Gasteiger partial charge is 0.271 e. The molecule has 1 N–H and O–H groups in total. The summed E-state index contributed by atoms with van der Waals surface area (Å²) in [4.78, 5) is 0. The van der Waals surface area contributed by atoms with Gasteiger partial charge in [0.2, 0.25) is 0 Å². The Bertz CT molecular complexity index is 959. The number of halogens is 3. The number of hydrogen-bond donors (Lipinski definition) is 1. The molecule has 0 spiro atoms. The van der Waals surface area contributed by atoms with Crippen LogP contribution in [0, 0.1) is 4.77 Å². The standard InChI is InChI=1S/C18H14F3N3S/c19-18(20,21)14-8-4-5-9-15(14)24-16(22-23-17(24)25)13-10-12(13)11-6-2-1-3-7-11/h1-9,12-13H,10H2,(H,23,25)/t12-,13+/m0/s1. The first-order chi connectivity index (χ1) is 12.0. The molecule has 2 atom stereocenters. The van der Waals surface area contributed by atoms with Gasteiger partial charge in [-0.25, -0.2) is 0 Å². The number of rotatable bonds is 3. The quantitative estimate of drug-likeness (QED) is 0.649. The second kappa shape index (κ2) is 5.84. The monoisotopic (exact) mass is 361 g/mol. The number of aromatic amines is 1. The maximum atomic E-state index is 13.4. The lowest BCUT2D eigenvalue weighted by molar-refractivity contribution is -0.137. The van der Waals surface area contributed by atoms with Crippen LogP contribution in [0.4, 0.5) is 13.2 Å². The lowest BCUT2D eigenvalue weighted by Gasteiger charge is -2.14. The summed E-state index contributed by atoms with van der Waals surface area (Å²) in [5.74, 6) is 0.857. The van der Waals surface area contributed by atoms with Crippen LogP contribution in [0.5, 0.6) is 0 Å². The molecule has 1 aliphatic rings. The third-order valence-corrected chi connectivity index (χ3v) is 4.77. The minimum absolute atomic E-state index is 0.0162. The number of aromatic nitrogens is 3. The van der Waals surface area contributed by atoms with Crippen molar-refractivity contribution in [2.75, 3.05) is 0 Å². The molecule has 25 heavy (non-hydrogen) atoms. The summed E-state index contributed by atoms with van der Waals surface area (Å²) >= 11 is 5.22. The van der Waals surface area contributed by atoms with Gasteiger partial charge in [0, 0.05) is 5.92 Å². The SMILES string of the molecule is FC(F)(F)c1ccccc1-n1c([C@@H]2C[C@H]2c2ccccc2)n[nH]c1=S. The zero-order valence-corrected chi connectivity index (χ0v) is 13.8. The van der Waals surface area contributed by atoms with Crippen molar-refractivity contribution >= 4 is 12.2 Å². The van der Waals surface area contributed by atoms with Crippen molar-refractivity contribution in [3.8, 4) is 5.69 Å². The van der Waals surface area contributed by atoms with Crippen molar-refractivity contribution in [2.45, 2.75) is 24.4 Å². The van der Waals surface area contributed by atoms with Gasteiger partial charge in [-0.15, -0.1) is 0 Å². The highest BCUT2D eigenvalue weighted by atomic mass is 32.1. The Morgan fingerprint density at radius 3 is 2.40 bits per heavy atom. The molecule has 7 heteroatoms. The van der Waals surface area contributed by atoms with E-state index in [0.717, 1.165) is 18.1 Å². The van der Waals surface area contributed by atoms with Gasteiger partial charge in [0.1, 0.15) is 5.82 Å². The first-order valence-electron chi connectivity index (χ1n) is 7.85. The van der Waals surface area contributed by atoms with E-state index in [0.29, 0.717) is 5.82 Å². The van der Waals surface area contributed by atoms with Crippen LogP contribution in [0.15, 0.2) is 54.6 Å². The molecule has 1 heterocycles. The maximum absolute atomic E-state index is 13.4. The molecule has 2 aromatic carbocycles. The molecule has 1 aromatic heterocycles. The summed E-state index contributed by atoms with van der Waals surface area (Å²) in [5.41, 5.74) is 0.463. The Morgan fingerprint density at radius 1 is 1.00 bits per heavy atom. The predicted molar refractivity (Wildman–Crippen MR) is 90.3 cm³/mol. The summed E-state index contributed by atoms with van der Waals surface area (Å²) in [6.07, 6.45) is -3.61. The Labute approximate surface area is 147 Å². The molecule has 0 saturated heterocycles. The molecule has 3 nitrogen and oxygen atoms in total. The molecule has 0 amide bonds. The van der Waals surface area contributed by atoms with E-state index in [1.54, 1.807) is 6.07 Å². The molecule has 1 saturated carbocycles. The minimum atomic E-state index is -4.46. The van der Waals surface area contributed by atoms with Gasteiger partial charge >= 0.3 is 6.18 Å². The Kier molecular flexibility index (Phi) is 3.76. The fourth-order valence-corrected chi connectivity index (χ4v) is 3.49. The third kappa shape index (κ3) is 2.89. The molecule has 3 aromatic rings. The number of alkyl halides is 3. The number of H-pyrrole nitrogens is 1. The molecule has 1 aliphatic carbocycles. The second-order valence-electron chi connectivity index (χ2n) is 6.10. The summed E-state index contributed by atoms with van der Waals surface area (Å²) < 4.78 is 41.7. The number of benzene rings is 2. The largest absolute Gasteiger partial charge is 0.418 e. The van der Waals surface area contributed by atoms with Crippen molar-refractivity contribution in [1.82, 2.24) is 14.8 Å². The summed E-state index contributed by atoms with van der Waals surface area (Å²) in [6, 6.07) is 15.4. The molecular weight excluding hydrogens is 347 g/mol. The van der Waals surface area contributed by atoms with Gasteiger partial charge in [0.15, 0.2) is 4.77 Å². The number of para-hydroxylation sites is 1. The molecule has 0 unspecified atom stereocenters. The Morgan fingerprint density at radius 2 is 1.68 bits per heavy atom. The summed E-state index contributed by atoms with van der Waals surface area (Å²) in [7, 11) is 0. The molecule has 0 bridgehead atoms. The molecular formula is C18H14F3N3S. The van der Waals surface area contributed by atoms with Crippen LogP contribution < -0.4 is 0 Å². The van der Waals surface area contributed by atoms with Gasteiger partial charge in [-0.2, -0.15) is 18.3 Å². The van der Waals surface area contributed by atoms with Crippen LogP contribution >= 0.6 is 12.2 Å². The number of nitrogens with zero attached hydrogens (tertiary/aromatic N) is 2. The van der Waals surface area contributed by atoms with Crippen molar-refractivity contribution in [3.63, 3.8) is 0 Å². The van der Waals surface area contributed by atoms with Crippen LogP contribution in [0.25, 0.3) is 5.69 Å². The Hall–Kier alpha value is -2.41. The average molecular weight is 361 g/mol. The molecule has 0 radical (unpaired) electrons. The van der Waals surface area contributed by atoms with Gasteiger partial charge < -0.3 is 0 Å². The van der Waals surface area contributed by atoms with E-state index in [4.69, 9.17) is 12.2 Å². The van der Waals surface area contributed by atoms with Crippen molar-refractivity contribution in [2.24, 2.45) is 0 Å². The van der Waals surface area contributed by atoms with Gasteiger partial charge in [-0.3, -0.25) is 9.67 Å². The van der Waals surface area contributed by atoms with E-state index < -0.39 is 11.7 Å². The maximum Gasteiger partial charge on any atom is 0.418 e. The fourth-order valence-electron chi connectivity index (χ4n) is 3.25. The predicted octanol–water partition coefficient (Wildman–Crippen LogP) is 5.22. The average Bonchev–Trinajstić information content (AvgIpc) is 3.30. The Balaban J connectivity index is 1.78. The van der Waals surface area contributed by atoms with E-state index in [1.807, 2.05) is 30.3 Å². The second-order valence-corrected chi connectivity index (χ2v) is 6.48. The van der Waals surface area contributed by atoms with Crippen molar-refractivity contribution in [3.05, 3.63) is 76.3 Å². The lowest BCUT2D eigenvalue weighted by Crippen LogP contribution is -2.12. The van der Waals surface area contributed by atoms with Crippen LogP contribution in [-0.2, 0) is 6.18 Å². The van der Waals surface area contributed by atoms with E-state index in [2.05, 4.69) is 10.2 Å². The summed E-state index contributed by atoms with van der Waals surface area (Å²) in [6.45, 7) is 0. The molecule has 0 aliphatic heterocycles. The third-order valence-electron chi connectivity index (χ3n) is 4.50. The fraction of sp³-hybridized carbons (Fsp3) is 0.222. The van der Waals surface area contributed by atoms with Gasteiger partial charge in [-0.05, 0) is 42.3 Å². The van der Waals surface area contributed by atoms with Crippen molar-refractivity contribution < 1.29 is 13.2 Å². The zero-order chi connectivity index (χ0) is 17.6. The van der Waals surface area contributed by atoms with Crippen LogP contribution in [-0.4, -0.2) is 14.8 Å². The number of hydrogen-bond acceptors (Lipinski definition) is 2. The van der Waals surface area contributed by atoms with Gasteiger partial charge in [0.05, 0.1) is 11.3 Å². The lowest BCUT2D eigenvalue weighted by atomic mass is 10.1. The van der Waals surface area contributed by atoms with Crippen LogP contribution in [0.1, 0.15) is 35.2 Å². The molecule has 1 fully saturated rings. The highest BCUT2D eigenvalue weighted by Crippen LogP contribution is 2.54. The first-order valence-corrected chi connectivity index (χ1v) is 8.26. The zero-order valence-electron chi connectivity index (χ0n) is 13.0. The van der Waals surface area contributed by atoms with Crippen LogP contribution in [0.3, 0.4) is 0 Å². The van der Waals surface area contributed by atoms with Crippen molar-refractivity contribution in [1.29, 1.82) is 0 Å². The van der Waals surface area contributed by atoms with Crippen LogP contribution in [0.2, 0.25) is 0 Å². The van der Waals surface area contributed by atoms with Gasteiger partial charge in [-0.1, -0.05) is 42.5 Å². The highest BCUT2D eigenvalue weighted by Gasteiger charge is 2.44. The van der Waals surface area contributed by atoms with Gasteiger partial charge in [0.25, 0.3) is 0 Å². The first kappa shape index (κ1) is 16.1. The van der Waals surface area contributed by atoms with E-state index in [-0.39, 0.29) is 22.3 Å². The van der Waals surface area contributed by atoms with E-state index in [1.165, 1.54) is 16.7 Å². The highest BCUT2D eigenvalue weighted by molar-refractivity contribution is 7.71. The topological polar surface area (TPSA) is 33.6 Å².